The van der Waals surface area contributed by atoms with E-state index in [9.17, 15) is 24.6 Å². The molecule has 8 heteroatoms. The highest BCUT2D eigenvalue weighted by atomic mass is 19.1. The smallest absolute Gasteiger partial charge is 0.305 e. The van der Waals surface area contributed by atoms with Gasteiger partial charge in [0.2, 0.25) is 0 Å². The lowest BCUT2D eigenvalue weighted by Gasteiger charge is -2.22. The first-order chi connectivity index (χ1) is 15.3. The van der Waals surface area contributed by atoms with Gasteiger partial charge in [0.05, 0.1) is 18.9 Å². The summed E-state index contributed by atoms with van der Waals surface area (Å²) in [5.74, 6) is -1.30. The number of carbonyl (C=O) groups is 1. The van der Waals surface area contributed by atoms with Crippen molar-refractivity contribution in [2.45, 2.75) is 50.7 Å². The minimum absolute atomic E-state index is 0.0466. The first-order valence-corrected chi connectivity index (χ1v) is 10.7. The van der Waals surface area contributed by atoms with Crippen LogP contribution in [0.5, 0.6) is 5.75 Å². The Labute approximate surface area is 187 Å². The molecule has 1 aromatic rings. The van der Waals surface area contributed by atoms with Gasteiger partial charge in [0.1, 0.15) is 12.2 Å². The number of oxime groups is 1. The van der Waals surface area contributed by atoms with Crippen molar-refractivity contribution in [1.82, 2.24) is 0 Å². The molecule has 1 aromatic carbocycles. The Morgan fingerprint density at radius 3 is 2.78 bits per heavy atom. The molecule has 1 saturated carbocycles. The summed E-state index contributed by atoms with van der Waals surface area (Å²) in [7, 11) is 1.36. The Morgan fingerprint density at radius 2 is 2.09 bits per heavy atom. The van der Waals surface area contributed by atoms with Crippen LogP contribution in [-0.2, 0) is 9.53 Å². The molecule has 4 unspecified atom stereocenters. The topological polar surface area (TPSA) is 109 Å². The number of benzene rings is 1. The summed E-state index contributed by atoms with van der Waals surface area (Å²) < 4.78 is 23.7. The Bertz CT molecular complexity index is 836. The van der Waals surface area contributed by atoms with Crippen molar-refractivity contribution in [1.29, 1.82) is 0 Å². The number of aliphatic hydroxyl groups is 2. The number of rotatable bonds is 11. The fraction of sp³-hybridized carbons (Fsp3) is 0.500. The van der Waals surface area contributed by atoms with Crippen molar-refractivity contribution in [2.75, 3.05) is 13.7 Å². The van der Waals surface area contributed by atoms with Gasteiger partial charge >= 0.3 is 5.97 Å². The Morgan fingerprint density at radius 1 is 1.34 bits per heavy atom. The maximum absolute atomic E-state index is 13.7. The zero-order valence-electron chi connectivity index (χ0n) is 18.5. The number of halogens is 1. The Hall–Kier alpha value is -2.71. The van der Waals surface area contributed by atoms with Gasteiger partial charge < -0.3 is 24.9 Å². The lowest BCUT2D eigenvalue weighted by molar-refractivity contribution is -0.140. The lowest BCUT2D eigenvalue weighted by atomic mass is 9.89. The van der Waals surface area contributed by atoms with Gasteiger partial charge in [-0.1, -0.05) is 41.6 Å². The molecule has 4 atom stereocenters. The second-order valence-electron chi connectivity index (χ2n) is 8.16. The predicted molar refractivity (Wildman–Crippen MR) is 118 cm³/mol. The molecule has 0 bridgehead atoms. The van der Waals surface area contributed by atoms with Crippen LogP contribution in [0.2, 0.25) is 0 Å². The van der Waals surface area contributed by atoms with Crippen LogP contribution in [0.15, 0.2) is 53.7 Å². The standard InChI is InChI=1S/C24H32FNO6/c1-24(29,16-32-22-11-8-7-10-19(22)25)14-13-17-18(21(27)15-20(17)26-30)9-5-3-4-6-12-23(28)31-2/h3,5,7-8,10-11,13-14,17-18,21,27,29-30H,4,6,9,12,15-16H2,1-2H3/b5-3+,14-13+,26-20-. The first-order valence-electron chi connectivity index (χ1n) is 10.7. The molecule has 0 radical (unpaired) electrons. The van der Waals surface area contributed by atoms with Crippen LogP contribution in [0.1, 0.15) is 39.0 Å². The molecule has 0 amide bonds. The van der Waals surface area contributed by atoms with Crippen molar-refractivity contribution >= 4 is 11.7 Å². The van der Waals surface area contributed by atoms with E-state index in [-0.39, 0.29) is 36.6 Å². The highest BCUT2D eigenvalue weighted by Gasteiger charge is 2.38. The maximum Gasteiger partial charge on any atom is 0.305 e. The van der Waals surface area contributed by atoms with Gasteiger partial charge in [-0.2, -0.15) is 0 Å². The van der Waals surface area contributed by atoms with Crippen LogP contribution >= 0.6 is 0 Å². The summed E-state index contributed by atoms with van der Waals surface area (Å²) in [6.07, 6.45) is 8.94. The van der Waals surface area contributed by atoms with E-state index >= 15 is 0 Å². The monoisotopic (exact) mass is 449 g/mol. The van der Waals surface area contributed by atoms with Gasteiger partial charge in [0, 0.05) is 24.7 Å². The molecule has 176 valence electrons. The van der Waals surface area contributed by atoms with E-state index in [1.165, 1.54) is 32.2 Å². The molecule has 1 fully saturated rings. The van der Waals surface area contributed by atoms with Crippen molar-refractivity contribution in [3.05, 3.63) is 54.4 Å². The number of hydrogen-bond donors (Lipinski definition) is 3. The molecule has 2 rings (SSSR count). The zero-order valence-corrected chi connectivity index (χ0v) is 18.5. The fourth-order valence-electron chi connectivity index (χ4n) is 3.64. The number of ether oxygens (including phenoxy) is 2. The largest absolute Gasteiger partial charge is 0.487 e. The number of hydrogen-bond acceptors (Lipinski definition) is 7. The maximum atomic E-state index is 13.7. The molecule has 0 heterocycles. The molecular formula is C24H32FNO6. The number of allylic oxidation sites excluding steroid dienone is 3. The Kier molecular flexibility index (Phi) is 9.87. The number of methoxy groups -OCH3 is 1. The van der Waals surface area contributed by atoms with Crippen LogP contribution in [-0.4, -0.2) is 52.5 Å². The second-order valence-corrected chi connectivity index (χ2v) is 8.16. The summed E-state index contributed by atoms with van der Waals surface area (Å²) in [6.45, 7) is 1.36. The fourth-order valence-corrected chi connectivity index (χ4v) is 3.64. The van der Waals surface area contributed by atoms with E-state index in [0.717, 1.165) is 0 Å². The van der Waals surface area contributed by atoms with E-state index in [0.29, 0.717) is 31.4 Å². The van der Waals surface area contributed by atoms with Crippen LogP contribution in [0, 0.1) is 17.7 Å². The first kappa shape index (κ1) is 25.5. The third-order valence-electron chi connectivity index (χ3n) is 5.46. The summed E-state index contributed by atoms with van der Waals surface area (Å²) in [5, 5.41) is 33.7. The van der Waals surface area contributed by atoms with Crippen LogP contribution in [0.3, 0.4) is 0 Å². The second kappa shape index (κ2) is 12.4. The molecule has 1 aliphatic carbocycles. The van der Waals surface area contributed by atoms with E-state index in [1.54, 1.807) is 18.2 Å². The summed E-state index contributed by atoms with van der Waals surface area (Å²) in [5.41, 5.74) is -0.964. The summed E-state index contributed by atoms with van der Waals surface area (Å²) in [6, 6.07) is 5.94. The van der Waals surface area contributed by atoms with Crippen molar-refractivity contribution in [3.8, 4) is 5.75 Å². The number of aliphatic hydroxyl groups excluding tert-OH is 1. The molecule has 0 spiro atoms. The molecule has 1 aliphatic rings. The van der Waals surface area contributed by atoms with Gasteiger partial charge in [-0.05, 0) is 38.3 Å². The van der Waals surface area contributed by atoms with Gasteiger partial charge in [0.25, 0.3) is 0 Å². The molecular weight excluding hydrogens is 417 g/mol. The van der Waals surface area contributed by atoms with Crippen LogP contribution < -0.4 is 4.74 Å². The SMILES string of the molecule is COC(=O)CCC/C=C/CC1C(O)C/C(=N/O)C1/C=C/C(C)(O)COc1ccccc1F. The van der Waals surface area contributed by atoms with Crippen molar-refractivity contribution in [2.24, 2.45) is 17.0 Å². The van der Waals surface area contributed by atoms with Crippen molar-refractivity contribution < 1.29 is 34.1 Å². The third kappa shape index (κ3) is 7.76. The van der Waals surface area contributed by atoms with E-state index in [4.69, 9.17) is 4.74 Å². The number of para-hydroxylation sites is 1. The Balaban J connectivity index is 1.96. The van der Waals surface area contributed by atoms with E-state index in [1.807, 2.05) is 12.2 Å². The predicted octanol–water partition coefficient (Wildman–Crippen LogP) is 3.63. The average molecular weight is 450 g/mol. The number of nitrogens with zero attached hydrogens (tertiary/aromatic N) is 1. The van der Waals surface area contributed by atoms with E-state index < -0.39 is 17.5 Å². The van der Waals surface area contributed by atoms with Crippen molar-refractivity contribution in [3.63, 3.8) is 0 Å². The normalized spacial score (nSPS) is 24.3. The molecule has 7 nitrogen and oxygen atoms in total. The lowest BCUT2D eigenvalue weighted by Crippen LogP contribution is -2.30. The molecule has 0 aliphatic heterocycles. The third-order valence-corrected chi connectivity index (χ3v) is 5.46. The van der Waals surface area contributed by atoms with Crippen LogP contribution in [0.4, 0.5) is 4.39 Å². The minimum Gasteiger partial charge on any atom is -0.487 e. The highest BCUT2D eigenvalue weighted by Crippen LogP contribution is 2.34. The highest BCUT2D eigenvalue weighted by molar-refractivity contribution is 5.90. The number of carbonyl (C=O) groups excluding carboxylic acids is 1. The van der Waals surface area contributed by atoms with Gasteiger partial charge in [-0.15, -0.1) is 0 Å². The molecule has 32 heavy (non-hydrogen) atoms. The molecule has 0 saturated heterocycles. The molecule has 3 N–H and O–H groups in total. The zero-order chi connectivity index (χ0) is 23.6. The van der Waals surface area contributed by atoms with Crippen LogP contribution in [0.25, 0.3) is 0 Å². The van der Waals surface area contributed by atoms with Gasteiger partial charge in [-0.25, -0.2) is 4.39 Å². The van der Waals surface area contributed by atoms with Gasteiger partial charge in [0.15, 0.2) is 11.6 Å². The number of unbranched alkanes of at least 4 members (excludes halogenated alkanes) is 1. The molecule has 0 aromatic heterocycles. The van der Waals surface area contributed by atoms with E-state index in [2.05, 4.69) is 9.89 Å². The minimum atomic E-state index is -1.40. The number of esters is 1. The summed E-state index contributed by atoms with van der Waals surface area (Å²) in [4.78, 5) is 11.1. The summed E-state index contributed by atoms with van der Waals surface area (Å²) >= 11 is 0. The average Bonchev–Trinajstić information content (AvgIpc) is 3.08. The quantitative estimate of drug-likeness (QED) is 0.157. The van der Waals surface area contributed by atoms with Gasteiger partial charge in [-0.3, -0.25) is 4.79 Å².